The Labute approximate surface area is 96.8 Å². The average molecular weight is 221 g/mol. The Morgan fingerprint density at radius 3 is 2.81 bits per heavy atom. The van der Waals surface area contributed by atoms with Gasteiger partial charge in [0, 0.05) is 5.69 Å². The fourth-order valence-corrected chi connectivity index (χ4v) is 1.46. The Bertz CT molecular complexity index is 350. The first-order chi connectivity index (χ1) is 7.67. The van der Waals surface area contributed by atoms with Crippen molar-refractivity contribution in [1.29, 1.82) is 0 Å². The number of hydrogen-bond donors (Lipinski definition) is 1. The average Bonchev–Trinajstić information content (AvgIpc) is 2.29. The molecule has 1 atom stereocenters. The standard InChI is InChI=1S/C13H19NO2/c1-4-11-7-6-8-12(9-11)14-10(3)13(15)16-5-2/h6-10,14H,4-5H2,1-3H3. The topological polar surface area (TPSA) is 38.3 Å². The maximum atomic E-state index is 11.4. The fourth-order valence-electron chi connectivity index (χ4n) is 1.46. The highest BCUT2D eigenvalue weighted by Gasteiger charge is 2.12. The Hall–Kier alpha value is -1.51. The van der Waals surface area contributed by atoms with Gasteiger partial charge in [0.15, 0.2) is 0 Å². The monoisotopic (exact) mass is 221 g/mol. The van der Waals surface area contributed by atoms with Gasteiger partial charge in [-0.1, -0.05) is 19.1 Å². The van der Waals surface area contributed by atoms with Crippen molar-refractivity contribution in [3.63, 3.8) is 0 Å². The van der Waals surface area contributed by atoms with Crippen LogP contribution in [-0.4, -0.2) is 18.6 Å². The van der Waals surface area contributed by atoms with Crippen molar-refractivity contribution in [2.45, 2.75) is 33.2 Å². The number of aryl methyl sites for hydroxylation is 1. The van der Waals surface area contributed by atoms with E-state index in [-0.39, 0.29) is 12.0 Å². The lowest BCUT2D eigenvalue weighted by molar-refractivity contribution is -0.143. The fraction of sp³-hybridized carbons (Fsp3) is 0.462. The number of rotatable bonds is 5. The number of carbonyl (C=O) groups is 1. The van der Waals surface area contributed by atoms with Gasteiger partial charge < -0.3 is 10.1 Å². The highest BCUT2D eigenvalue weighted by molar-refractivity contribution is 5.78. The lowest BCUT2D eigenvalue weighted by Crippen LogP contribution is -2.28. The molecule has 0 spiro atoms. The van der Waals surface area contributed by atoms with E-state index in [1.54, 1.807) is 6.92 Å². The molecule has 0 fully saturated rings. The summed E-state index contributed by atoms with van der Waals surface area (Å²) < 4.78 is 4.93. The van der Waals surface area contributed by atoms with E-state index >= 15 is 0 Å². The number of anilines is 1. The zero-order valence-electron chi connectivity index (χ0n) is 10.1. The maximum Gasteiger partial charge on any atom is 0.328 e. The van der Waals surface area contributed by atoms with Crippen molar-refractivity contribution in [3.8, 4) is 0 Å². The molecule has 0 bridgehead atoms. The van der Waals surface area contributed by atoms with Gasteiger partial charge in [-0.15, -0.1) is 0 Å². The molecule has 1 unspecified atom stereocenters. The second-order valence-electron chi connectivity index (χ2n) is 3.67. The lowest BCUT2D eigenvalue weighted by atomic mass is 10.1. The first-order valence-corrected chi connectivity index (χ1v) is 5.69. The zero-order chi connectivity index (χ0) is 12.0. The van der Waals surface area contributed by atoms with Gasteiger partial charge in [-0.25, -0.2) is 4.79 Å². The van der Waals surface area contributed by atoms with Gasteiger partial charge in [-0.2, -0.15) is 0 Å². The summed E-state index contributed by atoms with van der Waals surface area (Å²) in [4.78, 5) is 11.4. The van der Waals surface area contributed by atoms with E-state index in [2.05, 4.69) is 24.4 Å². The van der Waals surface area contributed by atoms with E-state index < -0.39 is 0 Å². The van der Waals surface area contributed by atoms with Crippen molar-refractivity contribution in [1.82, 2.24) is 0 Å². The van der Waals surface area contributed by atoms with E-state index in [4.69, 9.17) is 4.74 Å². The first-order valence-electron chi connectivity index (χ1n) is 5.69. The van der Waals surface area contributed by atoms with Crippen LogP contribution in [0, 0.1) is 0 Å². The number of esters is 1. The van der Waals surface area contributed by atoms with Gasteiger partial charge in [0.2, 0.25) is 0 Å². The largest absolute Gasteiger partial charge is 0.464 e. The number of ether oxygens (including phenoxy) is 1. The second-order valence-corrected chi connectivity index (χ2v) is 3.67. The molecule has 0 saturated carbocycles. The van der Waals surface area contributed by atoms with E-state index in [1.807, 2.05) is 19.1 Å². The van der Waals surface area contributed by atoms with Crippen LogP contribution in [0.15, 0.2) is 24.3 Å². The van der Waals surface area contributed by atoms with E-state index in [9.17, 15) is 4.79 Å². The van der Waals surface area contributed by atoms with Crippen molar-refractivity contribution in [3.05, 3.63) is 29.8 Å². The van der Waals surface area contributed by atoms with Crippen molar-refractivity contribution in [2.75, 3.05) is 11.9 Å². The Balaban J connectivity index is 2.61. The third kappa shape index (κ3) is 3.57. The van der Waals surface area contributed by atoms with Gasteiger partial charge >= 0.3 is 5.97 Å². The van der Waals surface area contributed by atoms with Crippen LogP contribution in [0.1, 0.15) is 26.3 Å². The number of nitrogens with one attached hydrogen (secondary N) is 1. The van der Waals surface area contributed by atoms with Crippen LogP contribution in [0.3, 0.4) is 0 Å². The highest BCUT2D eigenvalue weighted by atomic mass is 16.5. The molecule has 0 aliphatic rings. The summed E-state index contributed by atoms with van der Waals surface area (Å²) >= 11 is 0. The Morgan fingerprint density at radius 2 is 2.19 bits per heavy atom. The summed E-state index contributed by atoms with van der Waals surface area (Å²) in [5.74, 6) is -0.218. The second kappa shape index (κ2) is 6.16. The molecular formula is C13H19NO2. The summed E-state index contributed by atoms with van der Waals surface area (Å²) in [6.45, 7) is 6.13. The number of benzene rings is 1. The van der Waals surface area contributed by atoms with Crippen LogP contribution >= 0.6 is 0 Å². The molecule has 1 rings (SSSR count). The predicted octanol–water partition coefficient (Wildman–Crippen LogP) is 2.61. The minimum absolute atomic E-state index is 0.218. The van der Waals surface area contributed by atoms with Gasteiger partial charge in [0.1, 0.15) is 6.04 Å². The SMILES string of the molecule is CCOC(=O)C(C)Nc1cccc(CC)c1. The smallest absolute Gasteiger partial charge is 0.328 e. The molecule has 88 valence electrons. The van der Waals surface area contributed by atoms with Crippen LogP contribution in [0.4, 0.5) is 5.69 Å². The predicted molar refractivity (Wildman–Crippen MR) is 65.5 cm³/mol. The molecule has 1 aromatic carbocycles. The van der Waals surface area contributed by atoms with Gasteiger partial charge in [0.25, 0.3) is 0 Å². The molecule has 0 aliphatic heterocycles. The Morgan fingerprint density at radius 1 is 1.44 bits per heavy atom. The maximum absolute atomic E-state index is 11.4. The van der Waals surface area contributed by atoms with Crippen molar-refractivity contribution in [2.24, 2.45) is 0 Å². The summed E-state index contributed by atoms with van der Waals surface area (Å²) in [5, 5.41) is 3.13. The molecule has 16 heavy (non-hydrogen) atoms. The zero-order valence-corrected chi connectivity index (χ0v) is 10.1. The minimum Gasteiger partial charge on any atom is -0.464 e. The third-order valence-corrected chi connectivity index (χ3v) is 2.36. The van der Waals surface area contributed by atoms with Crippen LogP contribution in [0.25, 0.3) is 0 Å². The molecule has 3 heteroatoms. The quantitative estimate of drug-likeness (QED) is 0.777. The summed E-state index contributed by atoms with van der Waals surface area (Å²) in [6.07, 6.45) is 0.989. The first kappa shape index (κ1) is 12.6. The van der Waals surface area contributed by atoms with Crippen LogP contribution < -0.4 is 5.32 Å². The lowest BCUT2D eigenvalue weighted by Gasteiger charge is -2.14. The molecule has 1 aromatic rings. The molecule has 0 heterocycles. The molecule has 1 N–H and O–H groups in total. The summed E-state index contributed by atoms with van der Waals surface area (Å²) in [5.41, 5.74) is 2.21. The van der Waals surface area contributed by atoms with E-state index in [0.29, 0.717) is 6.61 Å². The van der Waals surface area contributed by atoms with Gasteiger partial charge in [0.05, 0.1) is 6.61 Å². The van der Waals surface area contributed by atoms with Crippen LogP contribution in [-0.2, 0) is 16.0 Å². The van der Waals surface area contributed by atoms with Crippen LogP contribution in [0.5, 0.6) is 0 Å². The highest BCUT2D eigenvalue weighted by Crippen LogP contribution is 2.12. The molecule has 0 aliphatic carbocycles. The van der Waals surface area contributed by atoms with Gasteiger partial charge in [-0.3, -0.25) is 0 Å². The molecule has 0 amide bonds. The summed E-state index contributed by atoms with van der Waals surface area (Å²) in [6, 6.07) is 7.75. The number of hydrogen-bond acceptors (Lipinski definition) is 3. The van der Waals surface area contributed by atoms with E-state index in [1.165, 1.54) is 5.56 Å². The molecule has 3 nitrogen and oxygen atoms in total. The van der Waals surface area contributed by atoms with Gasteiger partial charge in [-0.05, 0) is 38.0 Å². The van der Waals surface area contributed by atoms with E-state index in [0.717, 1.165) is 12.1 Å². The Kier molecular flexibility index (Phi) is 4.83. The van der Waals surface area contributed by atoms with Crippen molar-refractivity contribution >= 4 is 11.7 Å². The molecule has 0 saturated heterocycles. The summed E-state index contributed by atoms with van der Waals surface area (Å²) in [7, 11) is 0. The number of carbonyl (C=O) groups excluding carboxylic acids is 1. The molecule has 0 radical (unpaired) electrons. The minimum atomic E-state index is -0.313. The molecule has 0 aromatic heterocycles. The normalized spacial score (nSPS) is 11.9. The molecular weight excluding hydrogens is 202 g/mol. The third-order valence-electron chi connectivity index (χ3n) is 2.36. The van der Waals surface area contributed by atoms with Crippen LogP contribution in [0.2, 0.25) is 0 Å². The van der Waals surface area contributed by atoms with Crippen molar-refractivity contribution < 1.29 is 9.53 Å².